The zero-order chi connectivity index (χ0) is 23.0. The molecule has 0 spiro atoms. The fourth-order valence-electron chi connectivity index (χ4n) is 3.42. The van der Waals surface area contributed by atoms with Crippen molar-refractivity contribution < 1.29 is 14.3 Å². The average molecular weight is 476 g/mol. The smallest absolute Gasteiger partial charge is 0.266 e. The Labute approximate surface area is 204 Å². The van der Waals surface area contributed by atoms with Gasteiger partial charge in [-0.1, -0.05) is 90.7 Å². The number of hydrogen-bond donors (Lipinski definition) is 0. The molecule has 0 unspecified atom stereocenters. The number of thioether (sulfide) groups is 1. The molecular weight excluding hydrogens is 450 g/mol. The van der Waals surface area contributed by atoms with Crippen LogP contribution in [0.5, 0.6) is 11.5 Å². The number of rotatable bonds is 9. The van der Waals surface area contributed by atoms with Crippen LogP contribution in [-0.2, 0) is 11.3 Å². The molecule has 0 atom stereocenters. The third-order valence-electron chi connectivity index (χ3n) is 5.16. The van der Waals surface area contributed by atoms with Gasteiger partial charge in [0.15, 0.2) is 0 Å². The highest BCUT2D eigenvalue weighted by Crippen LogP contribution is 2.35. The van der Waals surface area contributed by atoms with Gasteiger partial charge < -0.3 is 9.47 Å². The summed E-state index contributed by atoms with van der Waals surface area (Å²) < 4.78 is 12.4. The quantitative estimate of drug-likeness (QED) is 0.208. The van der Waals surface area contributed by atoms with Crippen LogP contribution in [0.4, 0.5) is 0 Å². The molecule has 168 valence electrons. The lowest BCUT2D eigenvalue weighted by molar-refractivity contribution is -0.122. The second-order valence-corrected chi connectivity index (χ2v) is 9.28. The summed E-state index contributed by atoms with van der Waals surface area (Å²) >= 11 is 6.80. The summed E-state index contributed by atoms with van der Waals surface area (Å²) in [7, 11) is 0. The van der Waals surface area contributed by atoms with Crippen LogP contribution in [0.2, 0.25) is 0 Å². The van der Waals surface area contributed by atoms with Gasteiger partial charge >= 0.3 is 0 Å². The summed E-state index contributed by atoms with van der Waals surface area (Å²) in [6.45, 7) is 3.60. The van der Waals surface area contributed by atoms with Crippen molar-refractivity contribution in [3.63, 3.8) is 0 Å². The van der Waals surface area contributed by atoms with Crippen molar-refractivity contribution in [2.24, 2.45) is 0 Å². The molecule has 1 fully saturated rings. The minimum Gasteiger partial charge on any atom is -0.493 e. The molecule has 1 saturated heterocycles. The fraction of sp³-hybridized carbons (Fsp3) is 0.185. The summed E-state index contributed by atoms with van der Waals surface area (Å²) in [4.78, 5) is 15.2. The van der Waals surface area contributed by atoms with E-state index in [-0.39, 0.29) is 5.91 Å². The maximum Gasteiger partial charge on any atom is 0.266 e. The van der Waals surface area contributed by atoms with E-state index in [2.05, 4.69) is 0 Å². The molecule has 1 heterocycles. The monoisotopic (exact) mass is 475 g/mol. The molecule has 1 aliphatic rings. The van der Waals surface area contributed by atoms with Crippen molar-refractivity contribution in [2.75, 3.05) is 13.2 Å². The highest BCUT2D eigenvalue weighted by molar-refractivity contribution is 8.26. The van der Waals surface area contributed by atoms with Crippen LogP contribution in [-0.4, -0.2) is 28.3 Å². The molecule has 33 heavy (non-hydrogen) atoms. The maximum absolute atomic E-state index is 13.0. The number of ether oxygens (including phenoxy) is 2. The third-order valence-corrected chi connectivity index (χ3v) is 6.54. The van der Waals surface area contributed by atoms with E-state index >= 15 is 0 Å². The molecule has 4 nitrogen and oxygen atoms in total. The first-order chi connectivity index (χ1) is 16.1. The first kappa shape index (κ1) is 23.1. The maximum atomic E-state index is 13.0. The van der Waals surface area contributed by atoms with Gasteiger partial charge in [0.05, 0.1) is 24.7 Å². The lowest BCUT2D eigenvalue weighted by Gasteiger charge is -2.14. The van der Waals surface area contributed by atoms with Gasteiger partial charge in [0.1, 0.15) is 15.8 Å². The Kier molecular flexibility index (Phi) is 7.81. The van der Waals surface area contributed by atoms with Crippen molar-refractivity contribution in [3.05, 3.63) is 100 Å². The normalized spacial score (nSPS) is 14.7. The second kappa shape index (κ2) is 11.2. The summed E-state index contributed by atoms with van der Waals surface area (Å²) in [5, 5.41) is 0. The number of carbonyl (C=O) groups excluding carboxylic acids is 1. The van der Waals surface area contributed by atoms with Crippen LogP contribution < -0.4 is 9.47 Å². The topological polar surface area (TPSA) is 38.8 Å². The summed E-state index contributed by atoms with van der Waals surface area (Å²) in [6, 6.07) is 25.6. The molecule has 1 aliphatic heterocycles. The Balaban J connectivity index is 1.36. The minimum absolute atomic E-state index is 0.0738. The minimum atomic E-state index is -0.0738. The Hall–Kier alpha value is -3.09. The SMILES string of the molecule is Cc1ccccc1OCCCOc1ccccc1C=C1SC(=S)N(Cc2ccccc2)C1=O. The van der Waals surface area contributed by atoms with Gasteiger partial charge in [0, 0.05) is 12.0 Å². The standard InChI is InChI=1S/C27H25NO3S2/c1-20-10-5-7-14-23(20)30-16-9-17-31-24-15-8-6-13-22(24)18-25-26(29)28(27(32)33-25)19-21-11-3-2-4-12-21/h2-8,10-15,18H,9,16-17,19H2,1H3. The Morgan fingerprint density at radius 1 is 0.879 bits per heavy atom. The van der Waals surface area contributed by atoms with Crippen LogP contribution in [0, 0.1) is 6.92 Å². The molecule has 1 amide bonds. The van der Waals surface area contributed by atoms with E-state index in [1.807, 2.05) is 91.9 Å². The predicted octanol–water partition coefficient (Wildman–Crippen LogP) is 6.24. The highest BCUT2D eigenvalue weighted by atomic mass is 32.2. The lowest BCUT2D eigenvalue weighted by Crippen LogP contribution is -2.27. The van der Waals surface area contributed by atoms with Crippen molar-refractivity contribution in [2.45, 2.75) is 19.9 Å². The van der Waals surface area contributed by atoms with E-state index in [1.165, 1.54) is 11.8 Å². The molecule has 6 heteroatoms. The van der Waals surface area contributed by atoms with Gasteiger partial charge in [-0.2, -0.15) is 0 Å². The Bertz CT molecular complexity index is 1160. The van der Waals surface area contributed by atoms with Gasteiger partial charge in [-0.25, -0.2) is 0 Å². The summed E-state index contributed by atoms with van der Waals surface area (Å²) in [5.41, 5.74) is 3.03. The van der Waals surface area contributed by atoms with Crippen LogP contribution in [0.15, 0.2) is 83.8 Å². The van der Waals surface area contributed by atoms with Crippen LogP contribution in [0.1, 0.15) is 23.1 Å². The molecule has 0 N–H and O–H groups in total. The van der Waals surface area contributed by atoms with Gasteiger partial charge in [-0.3, -0.25) is 9.69 Å². The molecular formula is C27H25NO3S2. The molecule has 3 aromatic carbocycles. The Morgan fingerprint density at radius 3 is 2.27 bits per heavy atom. The average Bonchev–Trinajstić information content (AvgIpc) is 3.09. The van der Waals surface area contributed by atoms with Crippen LogP contribution in [0.25, 0.3) is 6.08 Å². The first-order valence-electron chi connectivity index (χ1n) is 10.8. The molecule has 0 radical (unpaired) electrons. The first-order valence-corrected chi connectivity index (χ1v) is 12.0. The number of para-hydroxylation sites is 2. The van der Waals surface area contributed by atoms with Gasteiger partial charge in [-0.15, -0.1) is 0 Å². The molecule has 0 aliphatic carbocycles. The van der Waals surface area contributed by atoms with E-state index in [1.54, 1.807) is 4.90 Å². The van der Waals surface area contributed by atoms with E-state index in [0.717, 1.165) is 34.6 Å². The van der Waals surface area contributed by atoms with Crippen LogP contribution >= 0.6 is 24.0 Å². The highest BCUT2D eigenvalue weighted by Gasteiger charge is 2.32. The van der Waals surface area contributed by atoms with Gasteiger partial charge in [0.2, 0.25) is 0 Å². The predicted molar refractivity (Wildman–Crippen MR) is 138 cm³/mol. The summed E-state index contributed by atoms with van der Waals surface area (Å²) in [6.07, 6.45) is 2.62. The summed E-state index contributed by atoms with van der Waals surface area (Å²) in [5.74, 6) is 1.56. The van der Waals surface area contributed by atoms with Gasteiger partial charge in [0.25, 0.3) is 5.91 Å². The number of benzene rings is 3. The molecule has 0 bridgehead atoms. The van der Waals surface area contributed by atoms with Crippen molar-refractivity contribution in [1.29, 1.82) is 0 Å². The van der Waals surface area contributed by atoms with E-state index < -0.39 is 0 Å². The molecule has 0 aromatic heterocycles. The Morgan fingerprint density at radius 2 is 1.52 bits per heavy atom. The zero-order valence-corrected chi connectivity index (χ0v) is 20.0. The van der Waals surface area contributed by atoms with E-state index in [0.29, 0.717) is 29.0 Å². The number of carbonyl (C=O) groups is 1. The lowest BCUT2D eigenvalue weighted by atomic mass is 10.1. The zero-order valence-electron chi connectivity index (χ0n) is 18.4. The molecule has 3 aromatic rings. The number of aryl methyl sites for hydroxylation is 1. The fourth-order valence-corrected chi connectivity index (χ4v) is 4.66. The molecule has 4 rings (SSSR count). The van der Waals surface area contributed by atoms with E-state index in [4.69, 9.17) is 21.7 Å². The number of thiocarbonyl (C=S) groups is 1. The number of hydrogen-bond acceptors (Lipinski definition) is 5. The molecule has 0 saturated carbocycles. The van der Waals surface area contributed by atoms with Crippen LogP contribution in [0.3, 0.4) is 0 Å². The van der Waals surface area contributed by atoms with Crippen molar-refractivity contribution >= 4 is 40.3 Å². The number of amides is 1. The largest absolute Gasteiger partial charge is 0.493 e. The third kappa shape index (κ3) is 6.03. The van der Waals surface area contributed by atoms with Crippen molar-refractivity contribution in [1.82, 2.24) is 4.90 Å². The number of nitrogens with zero attached hydrogens (tertiary/aromatic N) is 1. The van der Waals surface area contributed by atoms with E-state index in [9.17, 15) is 4.79 Å². The van der Waals surface area contributed by atoms with Crippen molar-refractivity contribution in [3.8, 4) is 11.5 Å². The second-order valence-electron chi connectivity index (χ2n) is 7.61. The van der Waals surface area contributed by atoms with Gasteiger partial charge in [-0.05, 0) is 36.3 Å².